The summed E-state index contributed by atoms with van der Waals surface area (Å²) in [6.45, 7) is 2.93. The lowest BCUT2D eigenvalue weighted by molar-refractivity contribution is 0.180. The van der Waals surface area contributed by atoms with Crippen LogP contribution in [0, 0.1) is 0 Å². The van der Waals surface area contributed by atoms with E-state index in [4.69, 9.17) is 9.84 Å². The Kier molecular flexibility index (Phi) is 6.63. The molecule has 1 N–H and O–H groups in total. The quantitative estimate of drug-likeness (QED) is 0.298. The number of aromatic nitrogens is 3. The molecule has 2 aromatic heterocycles. The second-order valence-corrected chi connectivity index (χ2v) is 9.60. The van der Waals surface area contributed by atoms with Crippen LogP contribution >= 0.6 is 0 Å². The summed E-state index contributed by atoms with van der Waals surface area (Å²) >= 11 is 0. The van der Waals surface area contributed by atoms with Crippen LogP contribution in [0.25, 0.3) is 11.5 Å². The van der Waals surface area contributed by atoms with Crippen molar-refractivity contribution in [1.82, 2.24) is 24.6 Å². The Hall–Kier alpha value is -4.78. The molecule has 7 nitrogen and oxygen atoms in total. The Labute approximate surface area is 228 Å². The van der Waals surface area contributed by atoms with Gasteiger partial charge in [-0.3, -0.25) is 0 Å². The third kappa shape index (κ3) is 4.56. The van der Waals surface area contributed by atoms with Gasteiger partial charge in [-0.1, -0.05) is 67.6 Å². The fourth-order valence-corrected chi connectivity index (χ4v) is 5.40. The fraction of sp³-hybridized carbons (Fsp3) is 0.188. The van der Waals surface area contributed by atoms with E-state index in [1.54, 1.807) is 7.11 Å². The molecule has 1 aliphatic rings. The zero-order valence-corrected chi connectivity index (χ0v) is 22.1. The Balaban J connectivity index is 1.46. The van der Waals surface area contributed by atoms with Gasteiger partial charge >= 0.3 is 6.03 Å². The smallest absolute Gasteiger partial charge is 0.318 e. The van der Waals surface area contributed by atoms with Crippen LogP contribution in [0.1, 0.15) is 41.0 Å². The molecule has 0 bridgehead atoms. The number of carbonyl (C=O) groups excluding carboxylic acids is 1. The summed E-state index contributed by atoms with van der Waals surface area (Å²) in [6.07, 6.45) is 2.83. The van der Waals surface area contributed by atoms with Gasteiger partial charge in [-0.15, -0.1) is 0 Å². The molecule has 3 aromatic carbocycles. The van der Waals surface area contributed by atoms with E-state index in [1.807, 2.05) is 76.3 Å². The zero-order chi connectivity index (χ0) is 26.8. The molecule has 1 atom stereocenters. The van der Waals surface area contributed by atoms with Crippen LogP contribution in [-0.2, 0) is 19.5 Å². The van der Waals surface area contributed by atoms with E-state index in [0.29, 0.717) is 13.1 Å². The molecule has 6 rings (SSSR count). The molecule has 0 spiro atoms. The molecule has 0 saturated heterocycles. The highest BCUT2D eigenvalue weighted by molar-refractivity contribution is 5.76. The average molecular weight is 518 g/mol. The van der Waals surface area contributed by atoms with Crippen LogP contribution < -0.4 is 10.1 Å². The first kappa shape index (κ1) is 24.6. The minimum absolute atomic E-state index is 0.137. The third-order valence-corrected chi connectivity index (χ3v) is 7.26. The fourth-order valence-electron chi connectivity index (χ4n) is 5.40. The van der Waals surface area contributed by atoms with Gasteiger partial charge in [-0.25, -0.2) is 9.48 Å². The van der Waals surface area contributed by atoms with Crippen molar-refractivity contribution in [3.63, 3.8) is 0 Å². The highest BCUT2D eigenvalue weighted by Gasteiger charge is 2.36. The summed E-state index contributed by atoms with van der Waals surface area (Å²) in [5, 5.41) is 8.20. The van der Waals surface area contributed by atoms with Crippen molar-refractivity contribution in [2.75, 3.05) is 7.11 Å². The van der Waals surface area contributed by atoms with Crippen LogP contribution in [0.5, 0.6) is 5.75 Å². The van der Waals surface area contributed by atoms with E-state index in [9.17, 15) is 4.79 Å². The lowest BCUT2D eigenvalue weighted by Crippen LogP contribution is -2.41. The van der Waals surface area contributed by atoms with Crippen molar-refractivity contribution in [2.24, 2.45) is 0 Å². The molecule has 0 saturated carbocycles. The number of ether oxygens (including phenoxy) is 1. The number of para-hydroxylation sites is 1. The van der Waals surface area contributed by atoms with Gasteiger partial charge in [0.1, 0.15) is 11.6 Å². The van der Waals surface area contributed by atoms with Crippen molar-refractivity contribution >= 4 is 6.03 Å². The molecule has 0 radical (unpaired) electrons. The maximum Gasteiger partial charge on any atom is 0.318 e. The molecule has 3 heterocycles. The van der Waals surface area contributed by atoms with Crippen LogP contribution in [0.15, 0.2) is 103 Å². The van der Waals surface area contributed by atoms with Crippen molar-refractivity contribution < 1.29 is 9.53 Å². The molecule has 5 aromatic rings. The third-order valence-electron chi connectivity index (χ3n) is 7.26. The summed E-state index contributed by atoms with van der Waals surface area (Å²) in [7, 11) is 1.65. The van der Waals surface area contributed by atoms with Crippen molar-refractivity contribution in [2.45, 2.75) is 32.5 Å². The summed E-state index contributed by atoms with van der Waals surface area (Å²) in [6, 6.07) is 31.9. The molecule has 1 aliphatic heterocycles. The summed E-state index contributed by atoms with van der Waals surface area (Å²) in [4.78, 5) is 16.0. The van der Waals surface area contributed by atoms with Crippen LogP contribution in [-0.4, -0.2) is 32.4 Å². The molecule has 196 valence electrons. The average Bonchev–Trinajstić information content (AvgIpc) is 3.58. The van der Waals surface area contributed by atoms with Gasteiger partial charge in [0.15, 0.2) is 0 Å². The van der Waals surface area contributed by atoms with Crippen LogP contribution in [0.2, 0.25) is 0 Å². The Morgan fingerprint density at radius 3 is 2.49 bits per heavy atom. The first-order valence-corrected chi connectivity index (χ1v) is 13.2. The highest BCUT2D eigenvalue weighted by Crippen LogP contribution is 2.38. The molecule has 2 amide bonds. The topological polar surface area (TPSA) is 64.3 Å². The molecule has 0 aliphatic carbocycles. The normalized spacial score (nSPS) is 14.3. The molecule has 7 heteroatoms. The number of urea groups is 1. The number of benzene rings is 3. The maximum atomic E-state index is 14.0. The van der Waals surface area contributed by atoms with E-state index in [-0.39, 0.29) is 12.1 Å². The number of nitrogens with zero attached hydrogens (tertiary/aromatic N) is 4. The summed E-state index contributed by atoms with van der Waals surface area (Å²) < 4.78 is 9.58. The van der Waals surface area contributed by atoms with Gasteiger partial charge in [-0.05, 0) is 53.9 Å². The first-order chi connectivity index (χ1) is 19.2. The zero-order valence-electron chi connectivity index (χ0n) is 22.1. The van der Waals surface area contributed by atoms with Crippen molar-refractivity contribution in [1.29, 1.82) is 0 Å². The molecular formula is C32H31N5O2. The summed E-state index contributed by atoms with van der Waals surface area (Å²) in [5.74, 6) is 1.74. The molecule has 0 unspecified atom stereocenters. The van der Waals surface area contributed by atoms with E-state index in [2.05, 4.69) is 53.3 Å². The van der Waals surface area contributed by atoms with Gasteiger partial charge < -0.3 is 19.5 Å². The number of hydrogen-bond acceptors (Lipinski definition) is 3. The maximum absolute atomic E-state index is 14.0. The number of rotatable bonds is 6. The standard InChI is InChI=1S/C32H31N5O2/c1-3-28-27-22-36(32(38)33-21-23-12-10-17-26(20-23)39-2)30(24-13-6-4-7-14-24)29-18-11-19-35(29)31(27)37(34-28)25-15-8-5-9-16-25/h4-20,30H,3,21-22H2,1-2H3,(H,33,38)/t30-/m0/s1. The Morgan fingerprint density at radius 2 is 1.74 bits per heavy atom. The number of methoxy groups -OCH3 is 1. The lowest BCUT2D eigenvalue weighted by Gasteiger charge is -2.31. The monoisotopic (exact) mass is 517 g/mol. The van der Waals surface area contributed by atoms with Crippen LogP contribution in [0.3, 0.4) is 0 Å². The number of hydrogen-bond donors (Lipinski definition) is 1. The van der Waals surface area contributed by atoms with Crippen molar-refractivity contribution in [3.05, 3.63) is 131 Å². The lowest BCUT2D eigenvalue weighted by atomic mass is 10.0. The molecule has 39 heavy (non-hydrogen) atoms. The van der Waals surface area contributed by atoms with Gasteiger partial charge in [0.05, 0.1) is 36.8 Å². The molecule has 0 fully saturated rings. The Morgan fingerprint density at radius 1 is 0.974 bits per heavy atom. The number of aryl methyl sites for hydroxylation is 1. The van der Waals surface area contributed by atoms with Gasteiger partial charge in [0, 0.05) is 18.3 Å². The van der Waals surface area contributed by atoms with E-state index < -0.39 is 0 Å². The van der Waals surface area contributed by atoms with Crippen LogP contribution in [0.4, 0.5) is 4.79 Å². The number of fused-ring (bicyclic) bond motifs is 3. The second-order valence-electron chi connectivity index (χ2n) is 9.60. The largest absolute Gasteiger partial charge is 0.497 e. The van der Waals surface area contributed by atoms with Crippen molar-refractivity contribution in [3.8, 4) is 17.3 Å². The number of amides is 2. The second kappa shape index (κ2) is 10.5. The first-order valence-electron chi connectivity index (χ1n) is 13.2. The predicted molar refractivity (Wildman–Crippen MR) is 151 cm³/mol. The number of nitrogens with one attached hydrogen (secondary N) is 1. The van der Waals surface area contributed by atoms with Gasteiger partial charge in [0.25, 0.3) is 0 Å². The van der Waals surface area contributed by atoms with Gasteiger partial charge in [-0.2, -0.15) is 5.10 Å². The Bertz CT molecular complexity index is 1590. The highest BCUT2D eigenvalue weighted by atomic mass is 16.5. The SMILES string of the molecule is CCc1nn(-c2ccccc2)c2c1CN(C(=O)NCc1cccc(OC)c1)[C@@H](c1ccccc1)c1cccn1-2. The minimum Gasteiger partial charge on any atom is -0.497 e. The number of carbonyl (C=O) groups is 1. The summed E-state index contributed by atoms with van der Waals surface area (Å²) in [5.41, 5.74) is 6.05. The van der Waals surface area contributed by atoms with Gasteiger partial charge in [0.2, 0.25) is 0 Å². The van der Waals surface area contributed by atoms with E-state index in [1.165, 1.54) is 0 Å². The van der Waals surface area contributed by atoms with E-state index in [0.717, 1.165) is 51.8 Å². The van der Waals surface area contributed by atoms with E-state index >= 15 is 0 Å². The molecular weight excluding hydrogens is 486 g/mol. The minimum atomic E-state index is -0.284. The predicted octanol–water partition coefficient (Wildman–Crippen LogP) is 6.05.